The Morgan fingerprint density at radius 3 is 2.29 bits per heavy atom. The lowest BCUT2D eigenvalue weighted by atomic mass is 9.99. The lowest BCUT2D eigenvalue weighted by molar-refractivity contribution is 0.0389. The van der Waals surface area contributed by atoms with Gasteiger partial charge >= 0.3 is 0 Å². The van der Waals surface area contributed by atoms with Crippen LogP contribution < -0.4 is 9.46 Å². The van der Waals surface area contributed by atoms with Crippen molar-refractivity contribution in [3.05, 3.63) is 83.7 Å². The minimum Gasteiger partial charge on any atom is -0.486 e. The van der Waals surface area contributed by atoms with E-state index in [-0.39, 0.29) is 46.5 Å². The molecule has 0 radical (unpaired) electrons. The van der Waals surface area contributed by atoms with Crippen molar-refractivity contribution in [1.29, 1.82) is 0 Å². The fourth-order valence-corrected chi connectivity index (χ4v) is 6.85. The molecule has 1 heterocycles. The summed E-state index contributed by atoms with van der Waals surface area (Å²) in [7, 11) is -6.77. The lowest BCUT2D eigenvalue weighted by Gasteiger charge is -2.38. The Bertz CT molecular complexity index is 1650. The van der Waals surface area contributed by atoms with Crippen LogP contribution in [0, 0.1) is 18.7 Å². The maximum atomic E-state index is 13.7. The van der Waals surface area contributed by atoms with Crippen molar-refractivity contribution >= 4 is 31.6 Å². The minimum absolute atomic E-state index is 0.00108. The van der Waals surface area contributed by atoms with Gasteiger partial charge in [0.1, 0.15) is 11.9 Å². The minimum atomic E-state index is -4.09. The van der Waals surface area contributed by atoms with E-state index in [1.54, 1.807) is 26.0 Å². The predicted octanol–water partition coefficient (Wildman–Crippen LogP) is 3.48. The Labute approximate surface area is 245 Å². The number of carbonyl (C=O) groups excluding carboxylic acids is 1. The number of ether oxygens (including phenoxy) is 1. The second kappa shape index (κ2) is 12.4. The lowest BCUT2D eigenvalue weighted by Crippen LogP contribution is -2.50. The number of para-hydroxylation sites is 1. The van der Waals surface area contributed by atoms with Gasteiger partial charge in [-0.1, -0.05) is 30.7 Å². The van der Waals surface area contributed by atoms with Crippen LogP contribution in [-0.2, 0) is 20.0 Å². The van der Waals surface area contributed by atoms with E-state index in [9.17, 15) is 31.1 Å². The molecule has 1 aliphatic rings. The summed E-state index contributed by atoms with van der Waals surface area (Å²) in [6.45, 7) is 4.92. The number of fused-ring (bicyclic) bond motifs is 1. The first-order valence-electron chi connectivity index (χ1n) is 13.3. The van der Waals surface area contributed by atoms with E-state index in [1.807, 2.05) is 6.92 Å². The monoisotopic (exact) mass is 619 g/mol. The zero-order chi connectivity index (χ0) is 30.8. The zero-order valence-corrected chi connectivity index (χ0v) is 25.3. The van der Waals surface area contributed by atoms with Gasteiger partial charge < -0.3 is 14.7 Å². The average molecular weight is 620 g/mol. The molecule has 1 aliphatic heterocycles. The molecule has 42 heavy (non-hydrogen) atoms. The SMILES string of the molecule is Cc1ccc(S(=O)(=O)Nc2cccc3c2O[C@@H](CN(C)S(=O)(=O)c2ccc(F)cc2)[C@H](C)CN([C@H](C)CO)C3=O)cc1. The number of hydrogen-bond acceptors (Lipinski definition) is 7. The number of hydrogen-bond donors (Lipinski definition) is 2. The largest absolute Gasteiger partial charge is 0.486 e. The van der Waals surface area contributed by atoms with Gasteiger partial charge in [-0.05, 0) is 62.4 Å². The normalized spacial score (nSPS) is 18.5. The first-order valence-corrected chi connectivity index (χ1v) is 16.2. The number of likely N-dealkylation sites (N-methyl/N-ethyl adjacent to an activating group) is 1. The van der Waals surface area contributed by atoms with Crippen molar-refractivity contribution in [3.63, 3.8) is 0 Å². The molecule has 0 aliphatic carbocycles. The summed E-state index contributed by atoms with van der Waals surface area (Å²) in [4.78, 5) is 15.0. The fourth-order valence-electron chi connectivity index (χ4n) is 4.60. The van der Waals surface area contributed by atoms with E-state index >= 15 is 0 Å². The molecule has 3 aromatic rings. The highest BCUT2D eigenvalue weighted by molar-refractivity contribution is 7.92. The number of sulfonamides is 2. The third kappa shape index (κ3) is 6.59. The van der Waals surface area contributed by atoms with Crippen molar-refractivity contribution in [2.45, 2.75) is 42.7 Å². The van der Waals surface area contributed by atoms with Crippen LogP contribution in [0.15, 0.2) is 76.5 Å². The second-order valence-corrected chi connectivity index (χ2v) is 14.2. The molecule has 0 aromatic heterocycles. The molecule has 0 saturated heterocycles. The Morgan fingerprint density at radius 1 is 1.05 bits per heavy atom. The maximum Gasteiger partial charge on any atom is 0.262 e. The Kier molecular flexibility index (Phi) is 9.26. The van der Waals surface area contributed by atoms with Gasteiger partial charge in [0, 0.05) is 19.5 Å². The number of anilines is 1. The predicted molar refractivity (Wildman–Crippen MR) is 156 cm³/mol. The molecule has 0 unspecified atom stereocenters. The number of nitrogens with zero attached hydrogens (tertiary/aromatic N) is 2. The molecule has 0 fully saturated rings. The third-order valence-corrected chi connectivity index (χ3v) is 10.4. The molecule has 10 nitrogen and oxygen atoms in total. The number of aliphatic hydroxyl groups excluding tert-OH is 1. The average Bonchev–Trinajstić information content (AvgIpc) is 2.95. The fraction of sp³-hybridized carbons (Fsp3) is 0.345. The van der Waals surface area contributed by atoms with Crippen molar-refractivity contribution in [3.8, 4) is 5.75 Å². The summed E-state index contributed by atoms with van der Waals surface area (Å²) < 4.78 is 76.5. The smallest absolute Gasteiger partial charge is 0.262 e. The van der Waals surface area contributed by atoms with E-state index in [0.29, 0.717) is 0 Å². The number of aliphatic hydroxyl groups is 1. The molecule has 3 aromatic carbocycles. The van der Waals surface area contributed by atoms with E-state index in [2.05, 4.69) is 4.72 Å². The van der Waals surface area contributed by atoms with Crippen LogP contribution >= 0.6 is 0 Å². The molecular formula is C29H34FN3O7S2. The van der Waals surface area contributed by atoms with Crippen molar-refractivity contribution in [1.82, 2.24) is 9.21 Å². The highest BCUT2D eigenvalue weighted by atomic mass is 32.2. The molecule has 1 amide bonds. The zero-order valence-electron chi connectivity index (χ0n) is 23.7. The van der Waals surface area contributed by atoms with Gasteiger partial charge in [0.2, 0.25) is 10.0 Å². The quantitative estimate of drug-likeness (QED) is 0.375. The molecule has 0 bridgehead atoms. The Hall–Kier alpha value is -3.52. The number of rotatable bonds is 9. The first kappa shape index (κ1) is 31.4. The number of halogens is 1. The maximum absolute atomic E-state index is 13.7. The van der Waals surface area contributed by atoms with E-state index in [0.717, 1.165) is 22.0 Å². The Balaban J connectivity index is 1.76. The third-order valence-electron chi connectivity index (χ3n) is 7.23. The molecule has 3 atom stereocenters. The van der Waals surface area contributed by atoms with Crippen molar-refractivity contribution in [2.75, 3.05) is 31.5 Å². The summed E-state index contributed by atoms with van der Waals surface area (Å²) in [6.07, 6.45) is -0.851. The summed E-state index contributed by atoms with van der Waals surface area (Å²) in [5.74, 6) is -1.56. The molecule has 13 heteroatoms. The van der Waals surface area contributed by atoms with Gasteiger partial charge in [0.15, 0.2) is 5.75 Å². The molecule has 0 spiro atoms. The number of aryl methyl sites for hydroxylation is 1. The standard InChI is InChI=1S/C29H34FN3O7S2/c1-19-8-12-23(13-9-19)41(36,37)31-26-7-5-6-25-28(26)40-27(20(2)16-33(29(25)35)21(3)18-34)17-32(4)42(38,39)24-14-10-22(30)11-15-24/h5-15,20-21,27,31,34H,16-18H2,1-4H3/t20-,21-,27+/m1/s1. The topological polar surface area (TPSA) is 133 Å². The summed E-state index contributed by atoms with van der Waals surface area (Å²) >= 11 is 0. The summed E-state index contributed by atoms with van der Waals surface area (Å²) in [5.41, 5.74) is 0.934. The van der Waals surface area contributed by atoms with Crippen LogP contribution in [0.3, 0.4) is 0 Å². The van der Waals surface area contributed by atoms with Gasteiger partial charge in [-0.2, -0.15) is 4.31 Å². The van der Waals surface area contributed by atoms with Crippen molar-refractivity contribution in [2.24, 2.45) is 5.92 Å². The first-order chi connectivity index (χ1) is 19.7. The van der Waals surface area contributed by atoms with Gasteiger partial charge in [-0.3, -0.25) is 9.52 Å². The highest BCUT2D eigenvalue weighted by Gasteiger charge is 2.36. The molecular weight excluding hydrogens is 585 g/mol. The van der Waals surface area contributed by atoms with Gasteiger partial charge in [-0.15, -0.1) is 0 Å². The van der Waals surface area contributed by atoms with Crippen LogP contribution in [-0.4, -0.2) is 75.9 Å². The Morgan fingerprint density at radius 2 is 1.67 bits per heavy atom. The van der Waals surface area contributed by atoms with Crippen LogP contribution in [0.4, 0.5) is 10.1 Å². The number of carbonyl (C=O) groups is 1. The highest BCUT2D eigenvalue weighted by Crippen LogP contribution is 2.36. The van der Waals surface area contributed by atoms with Crippen molar-refractivity contribution < 1.29 is 35.9 Å². The number of benzene rings is 3. The van der Waals surface area contributed by atoms with E-state index in [4.69, 9.17) is 4.74 Å². The molecule has 2 N–H and O–H groups in total. The summed E-state index contributed by atoms with van der Waals surface area (Å²) in [5, 5.41) is 9.89. The molecule has 4 rings (SSSR count). The summed E-state index contributed by atoms with van der Waals surface area (Å²) in [6, 6.07) is 14.6. The van der Waals surface area contributed by atoms with Gasteiger partial charge in [-0.25, -0.2) is 21.2 Å². The van der Waals surface area contributed by atoms with E-state index in [1.165, 1.54) is 54.4 Å². The van der Waals surface area contributed by atoms with Crippen LogP contribution in [0.5, 0.6) is 5.75 Å². The van der Waals surface area contributed by atoms with E-state index < -0.39 is 49.8 Å². The molecule has 0 saturated carbocycles. The van der Waals surface area contributed by atoms with Gasteiger partial charge in [0.25, 0.3) is 15.9 Å². The van der Waals surface area contributed by atoms with Crippen LogP contribution in [0.2, 0.25) is 0 Å². The second-order valence-electron chi connectivity index (χ2n) is 10.5. The number of amides is 1. The van der Waals surface area contributed by atoms with Crippen LogP contribution in [0.25, 0.3) is 0 Å². The molecule has 226 valence electrons. The van der Waals surface area contributed by atoms with Crippen LogP contribution in [0.1, 0.15) is 29.8 Å². The number of nitrogens with one attached hydrogen (secondary N) is 1. The van der Waals surface area contributed by atoms with Gasteiger partial charge in [0.05, 0.1) is 40.2 Å².